The molecule has 1 fully saturated rings. The fraction of sp³-hybridized carbons (Fsp3) is 0.562. The van der Waals surface area contributed by atoms with E-state index in [0.717, 1.165) is 38.2 Å². The topological polar surface area (TPSA) is 64.3 Å². The summed E-state index contributed by atoms with van der Waals surface area (Å²) < 4.78 is 5.32. The molecule has 1 heterocycles. The number of benzene rings is 1. The molecule has 0 saturated carbocycles. The molecule has 1 aromatic rings. The second-order valence-electron chi connectivity index (χ2n) is 5.53. The molecule has 1 amide bonds. The van der Waals surface area contributed by atoms with Gasteiger partial charge < -0.3 is 15.8 Å². The third kappa shape index (κ3) is 4.05. The zero-order valence-corrected chi connectivity index (χ0v) is 12.0. The van der Waals surface area contributed by atoms with E-state index in [1.54, 1.807) is 0 Å². The fourth-order valence-corrected chi connectivity index (χ4v) is 2.48. The molecular weight excluding hydrogens is 252 g/mol. The Kier molecular flexibility index (Phi) is 5.56. The molecule has 1 saturated heterocycles. The van der Waals surface area contributed by atoms with Gasteiger partial charge in [-0.15, -0.1) is 0 Å². The number of hydrogen-bond donors (Lipinski definition) is 2. The van der Waals surface area contributed by atoms with Gasteiger partial charge in [-0.25, -0.2) is 0 Å². The Bertz CT molecular complexity index is 416. The molecule has 1 aromatic carbocycles. The number of nitrogens with two attached hydrogens (primary N) is 1. The number of nitrogens with one attached hydrogen (secondary N) is 1. The molecule has 0 bridgehead atoms. The minimum absolute atomic E-state index is 0.0350. The summed E-state index contributed by atoms with van der Waals surface area (Å²) in [5.74, 6) is 0.345. The summed E-state index contributed by atoms with van der Waals surface area (Å²) in [6.45, 7) is 4.23. The second-order valence-corrected chi connectivity index (χ2v) is 5.53. The van der Waals surface area contributed by atoms with Gasteiger partial charge >= 0.3 is 0 Å². The molecule has 2 rings (SSSR count). The van der Waals surface area contributed by atoms with Crippen LogP contribution in [0.4, 0.5) is 0 Å². The Hall–Kier alpha value is -1.39. The first-order chi connectivity index (χ1) is 9.68. The molecule has 1 aliphatic heterocycles. The van der Waals surface area contributed by atoms with E-state index in [4.69, 9.17) is 10.5 Å². The number of carbonyl (C=O) groups excluding carboxylic acids is 1. The van der Waals surface area contributed by atoms with Gasteiger partial charge in [0.15, 0.2) is 0 Å². The summed E-state index contributed by atoms with van der Waals surface area (Å²) in [4.78, 5) is 12.2. The number of amides is 1. The van der Waals surface area contributed by atoms with Crippen LogP contribution in [0.1, 0.15) is 31.4 Å². The second kappa shape index (κ2) is 7.41. The van der Waals surface area contributed by atoms with Crippen molar-refractivity contribution in [2.45, 2.75) is 25.8 Å². The van der Waals surface area contributed by atoms with Crippen molar-refractivity contribution in [1.82, 2.24) is 5.32 Å². The zero-order valence-electron chi connectivity index (χ0n) is 12.0. The molecule has 2 atom stereocenters. The minimum Gasteiger partial charge on any atom is -0.381 e. The van der Waals surface area contributed by atoms with Gasteiger partial charge in [-0.2, -0.15) is 0 Å². The lowest BCUT2D eigenvalue weighted by molar-refractivity contribution is -0.125. The summed E-state index contributed by atoms with van der Waals surface area (Å²) in [6, 6.07) is 9.52. The van der Waals surface area contributed by atoms with E-state index in [0.29, 0.717) is 5.92 Å². The maximum absolute atomic E-state index is 12.2. The molecule has 4 heteroatoms. The Morgan fingerprint density at radius 1 is 1.35 bits per heavy atom. The van der Waals surface area contributed by atoms with E-state index >= 15 is 0 Å². The molecule has 20 heavy (non-hydrogen) atoms. The van der Waals surface area contributed by atoms with E-state index in [2.05, 4.69) is 5.32 Å². The van der Waals surface area contributed by atoms with E-state index in [1.807, 2.05) is 37.3 Å². The van der Waals surface area contributed by atoms with Crippen molar-refractivity contribution < 1.29 is 9.53 Å². The highest BCUT2D eigenvalue weighted by atomic mass is 16.5. The lowest BCUT2D eigenvalue weighted by atomic mass is 9.94. The SMILES string of the molecule is CC(C(=O)NCC1CCOCC1)C(N)c1ccccc1. The lowest BCUT2D eigenvalue weighted by Gasteiger charge is -2.24. The summed E-state index contributed by atoms with van der Waals surface area (Å²) in [6.07, 6.45) is 2.05. The summed E-state index contributed by atoms with van der Waals surface area (Å²) in [5.41, 5.74) is 7.17. The third-order valence-corrected chi connectivity index (χ3v) is 4.04. The lowest BCUT2D eigenvalue weighted by Crippen LogP contribution is -2.39. The summed E-state index contributed by atoms with van der Waals surface area (Å²) >= 11 is 0. The molecule has 0 spiro atoms. The van der Waals surface area contributed by atoms with Crippen LogP contribution in [0.3, 0.4) is 0 Å². The van der Waals surface area contributed by atoms with E-state index < -0.39 is 0 Å². The molecule has 2 unspecified atom stereocenters. The minimum atomic E-state index is -0.258. The predicted octanol–water partition coefficient (Wildman–Crippen LogP) is 1.87. The first-order valence-electron chi connectivity index (χ1n) is 7.34. The standard InChI is InChI=1S/C16H24N2O2/c1-12(15(17)14-5-3-2-4-6-14)16(19)18-11-13-7-9-20-10-8-13/h2-6,12-13,15H,7-11,17H2,1H3,(H,18,19). The van der Waals surface area contributed by atoms with E-state index in [1.165, 1.54) is 0 Å². The van der Waals surface area contributed by atoms with Crippen LogP contribution < -0.4 is 11.1 Å². The van der Waals surface area contributed by atoms with Crippen molar-refractivity contribution in [3.05, 3.63) is 35.9 Å². The van der Waals surface area contributed by atoms with E-state index in [-0.39, 0.29) is 17.9 Å². The van der Waals surface area contributed by atoms with Gasteiger partial charge in [0.2, 0.25) is 5.91 Å². The average Bonchev–Trinajstić information content (AvgIpc) is 2.53. The monoisotopic (exact) mass is 276 g/mol. The largest absolute Gasteiger partial charge is 0.381 e. The first kappa shape index (κ1) is 15.0. The van der Waals surface area contributed by atoms with Gasteiger partial charge in [0, 0.05) is 25.8 Å². The van der Waals surface area contributed by atoms with Crippen molar-refractivity contribution in [2.24, 2.45) is 17.6 Å². The van der Waals surface area contributed by atoms with Crippen LogP contribution in [0.2, 0.25) is 0 Å². The predicted molar refractivity (Wildman–Crippen MR) is 79.1 cm³/mol. The highest BCUT2D eigenvalue weighted by Crippen LogP contribution is 2.19. The quantitative estimate of drug-likeness (QED) is 0.863. The van der Waals surface area contributed by atoms with Gasteiger partial charge in [-0.05, 0) is 24.3 Å². The normalized spacial score (nSPS) is 19.3. The van der Waals surface area contributed by atoms with Crippen molar-refractivity contribution in [2.75, 3.05) is 19.8 Å². The zero-order chi connectivity index (χ0) is 14.4. The van der Waals surface area contributed by atoms with Crippen molar-refractivity contribution in [3.63, 3.8) is 0 Å². The van der Waals surface area contributed by atoms with Crippen LogP contribution in [0, 0.1) is 11.8 Å². The number of carbonyl (C=O) groups is 1. The number of rotatable bonds is 5. The molecule has 0 aromatic heterocycles. The molecule has 110 valence electrons. The molecule has 0 aliphatic carbocycles. The van der Waals surface area contributed by atoms with Gasteiger partial charge in [-0.3, -0.25) is 4.79 Å². The van der Waals surface area contributed by atoms with Crippen LogP contribution >= 0.6 is 0 Å². The maximum Gasteiger partial charge on any atom is 0.224 e. The van der Waals surface area contributed by atoms with Crippen LogP contribution in [-0.2, 0) is 9.53 Å². The average molecular weight is 276 g/mol. The molecule has 3 N–H and O–H groups in total. The van der Waals surface area contributed by atoms with Gasteiger partial charge in [0.1, 0.15) is 0 Å². The third-order valence-electron chi connectivity index (χ3n) is 4.04. The molecule has 4 nitrogen and oxygen atoms in total. The van der Waals surface area contributed by atoms with Crippen molar-refractivity contribution >= 4 is 5.91 Å². The van der Waals surface area contributed by atoms with Crippen LogP contribution in [-0.4, -0.2) is 25.7 Å². The van der Waals surface area contributed by atoms with Crippen LogP contribution in [0.25, 0.3) is 0 Å². The smallest absolute Gasteiger partial charge is 0.224 e. The van der Waals surface area contributed by atoms with Crippen LogP contribution in [0.15, 0.2) is 30.3 Å². The number of ether oxygens (including phenoxy) is 1. The number of hydrogen-bond acceptors (Lipinski definition) is 3. The Morgan fingerprint density at radius 2 is 2.00 bits per heavy atom. The molecule has 0 radical (unpaired) electrons. The van der Waals surface area contributed by atoms with Gasteiger partial charge in [-0.1, -0.05) is 37.3 Å². The van der Waals surface area contributed by atoms with E-state index in [9.17, 15) is 4.79 Å². The van der Waals surface area contributed by atoms with Gasteiger partial charge in [0.05, 0.1) is 5.92 Å². The Morgan fingerprint density at radius 3 is 2.65 bits per heavy atom. The van der Waals surface area contributed by atoms with Gasteiger partial charge in [0.25, 0.3) is 0 Å². The molecule has 1 aliphatic rings. The first-order valence-corrected chi connectivity index (χ1v) is 7.34. The van der Waals surface area contributed by atoms with Crippen LogP contribution in [0.5, 0.6) is 0 Å². The highest BCUT2D eigenvalue weighted by Gasteiger charge is 2.23. The van der Waals surface area contributed by atoms with Crippen molar-refractivity contribution in [1.29, 1.82) is 0 Å². The fourth-order valence-electron chi connectivity index (χ4n) is 2.48. The Labute approximate surface area is 120 Å². The van der Waals surface area contributed by atoms with Crippen molar-refractivity contribution in [3.8, 4) is 0 Å². The summed E-state index contributed by atoms with van der Waals surface area (Å²) in [5, 5.41) is 3.03. The highest BCUT2D eigenvalue weighted by molar-refractivity contribution is 5.79. The Balaban J connectivity index is 1.82. The molecular formula is C16H24N2O2. The summed E-state index contributed by atoms with van der Waals surface area (Å²) in [7, 11) is 0. The maximum atomic E-state index is 12.2.